The minimum atomic E-state index is -0.961. The number of carbonyl (C=O) groups excluding carboxylic acids is 1. The van der Waals surface area contributed by atoms with Gasteiger partial charge in [0.2, 0.25) is 0 Å². The second-order valence-corrected chi connectivity index (χ2v) is 8.34. The Bertz CT molecular complexity index is 648. The Morgan fingerprint density at radius 1 is 1.00 bits per heavy atom. The van der Waals surface area contributed by atoms with Gasteiger partial charge >= 0.3 is 12.0 Å². The molecule has 1 atom stereocenters. The standard InChI is InChI=1S/C25H42N2O5/c1-5-7-8-9-10-11-16-27(25(30)26-20(3)4)17-18-32-22-14-12-21(13-15-22)19-23(24(28)29)31-6-2/h12-15,20,23H,5-11,16-19H2,1-4H3,(H,26,30)(H,28,29). The molecule has 2 N–H and O–H groups in total. The second-order valence-electron chi connectivity index (χ2n) is 8.34. The van der Waals surface area contributed by atoms with Gasteiger partial charge in [0.15, 0.2) is 6.10 Å². The third kappa shape index (κ3) is 11.9. The van der Waals surface area contributed by atoms with Gasteiger partial charge in [-0.25, -0.2) is 9.59 Å². The number of ether oxygens (including phenoxy) is 2. The minimum absolute atomic E-state index is 0.0526. The second kappa shape index (κ2) is 16.4. The van der Waals surface area contributed by atoms with Crippen LogP contribution in [0.2, 0.25) is 0 Å². The van der Waals surface area contributed by atoms with Crippen molar-refractivity contribution in [3.05, 3.63) is 29.8 Å². The maximum atomic E-state index is 12.5. The van der Waals surface area contributed by atoms with Gasteiger partial charge in [0.1, 0.15) is 12.4 Å². The monoisotopic (exact) mass is 450 g/mol. The predicted molar refractivity (Wildman–Crippen MR) is 127 cm³/mol. The summed E-state index contributed by atoms with van der Waals surface area (Å²) in [7, 11) is 0. The van der Waals surface area contributed by atoms with E-state index in [0.29, 0.717) is 31.9 Å². The lowest BCUT2D eigenvalue weighted by Crippen LogP contribution is -2.45. The zero-order chi connectivity index (χ0) is 23.8. The van der Waals surface area contributed by atoms with E-state index in [0.717, 1.165) is 24.9 Å². The van der Waals surface area contributed by atoms with Crippen LogP contribution in [-0.2, 0) is 16.0 Å². The fourth-order valence-electron chi connectivity index (χ4n) is 3.36. The van der Waals surface area contributed by atoms with Gasteiger partial charge in [-0.1, -0.05) is 51.2 Å². The Balaban J connectivity index is 2.51. The molecular weight excluding hydrogens is 408 g/mol. The van der Waals surface area contributed by atoms with E-state index < -0.39 is 12.1 Å². The Morgan fingerprint density at radius 2 is 1.66 bits per heavy atom. The van der Waals surface area contributed by atoms with Gasteiger partial charge in [0.05, 0.1) is 6.54 Å². The van der Waals surface area contributed by atoms with E-state index in [1.807, 2.05) is 43.0 Å². The molecule has 32 heavy (non-hydrogen) atoms. The Labute approximate surface area is 193 Å². The normalized spacial score (nSPS) is 11.9. The summed E-state index contributed by atoms with van der Waals surface area (Å²) in [6.45, 7) is 9.90. The number of carbonyl (C=O) groups is 2. The van der Waals surface area contributed by atoms with Crippen LogP contribution in [0.5, 0.6) is 5.75 Å². The van der Waals surface area contributed by atoms with Crippen molar-refractivity contribution in [1.29, 1.82) is 0 Å². The fraction of sp³-hybridized carbons (Fsp3) is 0.680. The molecule has 0 radical (unpaired) electrons. The van der Waals surface area contributed by atoms with Gasteiger partial charge in [-0.2, -0.15) is 0 Å². The van der Waals surface area contributed by atoms with Crippen LogP contribution >= 0.6 is 0 Å². The van der Waals surface area contributed by atoms with Crippen molar-refractivity contribution in [3.63, 3.8) is 0 Å². The zero-order valence-electron chi connectivity index (χ0n) is 20.3. The average molecular weight is 451 g/mol. The van der Waals surface area contributed by atoms with Crippen molar-refractivity contribution >= 4 is 12.0 Å². The molecule has 182 valence electrons. The highest BCUT2D eigenvalue weighted by Crippen LogP contribution is 2.15. The zero-order valence-corrected chi connectivity index (χ0v) is 20.3. The molecule has 0 saturated carbocycles. The summed E-state index contributed by atoms with van der Waals surface area (Å²) in [5, 5.41) is 12.2. The average Bonchev–Trinajstić information content (AvgIpc) is 2.75. The highest BCUT2D eigenvalue weighted by molar-refractivity contribution is 5.74. The topological polar surface area (TPSA) is 88.1 Å². The molecular formula is C25H42N2O5. The number of rotatable bonds is 17. The minimum Gasteiger partial charge on any atom is -0.492 e. The summed E-state index contributed by atoms with van der Waals surface area (Å²) >= 11 is 0. The molecule has 1 aromatic rings. The molecule has 1 aromatic carbocycles. The first-order valence-electron chi connectivity index (χ1n) is 12.0. The SMILES string of the molecule is CCCCCCCCN(CCOc1ccc(CC(OCC)C(=O)O)cc1)C(=O)NC(C)C. The van der Waals surface area contributed by atoms with Crippen LogP contribution < -0.4 is 10.1 Å². The quantitative estimate of drug-likeness (QED) is 0.330. The van der Waals surface area contributed by atoms with Crippen molar-refractivity contribution in [3.8, 4) is 5.75 Å². The summed E-state index contributed by atoms with van der Waals surface area (Å²) in [6.07, 6.45) is 6.56. The Kier molecular flexibility index (Phi) is 14.2. The Morgan fingerprint density at radius 3 is 2.25 bits per heavy atom. The molecule has 0 fully saturated rings. The van der Waals surface area contributed by atoms with E-state index in [9.17, 15) is 14.7 Å². The van der Waals surface area contributed by atoms with Crippen LogP contribution in [0.1, 0.15) is 71.8 Å². The van der Waals surface area contributed by atoms with Gasteiger partial charge < -0.3 is 24.8 Å². The third-order valence-corrected chi connectivity index (χ3v) is 5.10. The number of carboxylic acid groups (broad SMARTS) is 1. The summed E-state index contributed by atoms with van der Waals surface area (Å²) in [5.41, 5.74) is 0.874. The predicted octanol–water partition coefficient (Wildman–Crippen LogP) is 4.88. The van der Waals surface area contributed by atoms with Gasteiger partial charge in [-0.15, -0.1) is 0 Å². The first-order chi connectivity index (χ1) is 15.4. The first-order valence-corrected chi connectivity index (χ1v) is 12.0. The number of nitrogens with one attached hydrogen (secondary N) is 1. The highest BCUT2D eigenvalue weighted by atomic mass is 16.5. The highest BCUT2D eigenvalue weighted by Gasteiger charge is 2.18. The van der Waals surface area contributed by atoms with Crippen LogP contribution in [0.3, 0.4) is 0 Å². The van der Waals surface area contributed by atoms with Crippen LogP contribution in [0, 0.1) is 0 Å². The van der Waals surface area contributed by atoms with Crippen molar-refractivity contribution in [2.45, 2.75) is 84.8 Å². The molecule has 1 unspecified atom stereocenters. The lowest BCUT2D eigenvalue weighted by atomic mass is 10.1. The molecule has 7 heteroatoms. The lowest BCUT2D eigenvalue weighted by molar-refractivity contribution is -0.149. The number of urea groups is 1. The molecule has 0 aromatic heterocycles. The van der Waals surface area contributed by atoms with E-state index in [4.69, 9.17) is 9.47 Å². The number of amides is 2. The van der Waals surface area contributed by atoms with Gasteiger partial charge in [0.25, 0.3) is 0 Å². The van der Waals surface area contributed by atoms with E-state index in [-0.39, 0.29) is 12.1 Å². The number of aliphatic carboxylic acids is 1. The molecule has 0 spiro atoms. The van der Waals surface area contributed by atoms with Crippen molar-refractivity contribution in [2.75, 3.05) is 26.3 Å². The maximum Gasteiger partial charge on any atom is 0.333 e. The van der Waals surface area contributed by atoms with Crippen LogP contribution in [0.25, 0.3) is 0 Å². The van der Waals surface area contributed by atoms with E-state index in [1.54, 1.807) is 6.92 Å². The van der Waals surface area contributed by atoms with Gasteiger partial charge in [-0.05, 0) is 44.9 Å². The van der Waals surface area contributed by atoms with E-state index in [2.05, 4.69) is 12.2 Å². The lowest BCUT2D eigenvalue weighted by Gasteiger charge is -2.24. The summed E-state index contributed by atoms with van der Waals surface area (Å²) < 4.78 is 11.1. The van der Waals surface area contributed by atoms with Gasteiger partial charge in [-0.3, -0.25) is 0 Å². The van der Waals surface area contributed by atoms with Crippen LogP contribution in [0.4, 0.5) is 4.79 Å². The number of carboxylic acids is 1. The fourth-order valence-corrected chi connectivity index (χ4v) is 3.36. The summed E-state index contributed by atoms with van der Waals surface area (Å²) in [5.74, 6) is -0.266. The maximum absolute atomic E-state index is 12.5. The molecule has 0 saturated heterocycles. The van der Waals surface area contributed by atoms with Crippen LogP contribution in [-0.4, -0.2) is 60.5 Å². The number of hydrogen-bond acceptors (Lipinski definition) is 4. The van der Waals surface area contributed by atoms with Crippen molar-refractivity contribution in [2.24, 2.45) is 0 Å². The smallest absolute Gasteiger partial charge is 0.333 e. The molecule has 0 aliphatic rings. The molecule has 1 rings (SSSR count). The molecule has 0 aliphatic carbocycles. The number of benzene rings is 1. The van der Waals surface area contributed by atoms with Crippen molar-refractivity contribution < 1.29 is 24.2 Å². The van der Waals surface area contributed by atoms with Crippen molar-refractivity contribution in [1.82, 2.24) is 10.2 Å². The molecule has 7 nitrogen and oxygen atoms in total. The largest absolute Gasteiger partial charge is 0.492 e. The summed E-state index contributed by atoms with van der Waals surface area (Å²) in [6, 6.07) is 7.39. The molecule has 0 heterocycles. The number of hydrogen-bond donors (Lipinski definition) is 2. The molecule has 0 bridgehead atoms. The van der Waals surface area contributed by atoms with Gasteiger partial charge in [0, 0.05) is 25.6 Å². The number of nitrogens with zero attached hydrogens (tertiary/aromatic N) is 1. The summed E-state index contributed by atoms with van der Waals surface area (Å²) in [4.78, 5) is 25.6. The Hall–Kier alpha value is -2.28. The third-order valence-electron chi connectivity index (χ3n) is 5.10. The van der Waals surface area contributed by atoms with E-state index >= 15 is 0 Å². The first kappa shape index (κ1) is 27.8. The molecule has 0 aliphatic heterocycles. The van der Waals surface area contributed by atoms with E-state index in [1.165, 1.54) is 25.7 Å². The van der Waals surface area contributed by atoms with Crippen LogP contribution in [0.15, 0.2) is 24.3 Å². The molecule has 2 amide bonds. The number of unbranched alkanes of at least 4 members (excludes halogenated alkanes) is 5.